The molecule has 1 aliphatic rings. The van der Waals surface area contributed by atoms with Crippen molar-refractivity contribution in [3.8, 4) is 6.07 Å². The van der Waals surface area contributed by atoms with Gasteiger partial charge in [-0.2, -0.15) is 17.0 Å². The van der Waals surface area contributed by atoms with Gasteiger partial charge >= 0.3 is 0 Å². The van der Waals surface area contributed by atoms with Crippen LogP contribution in [-0.4, -0.2) is 11.7 Å². The van der Waals surface area contributed by atoms with Crippen molar-refractivity contribution < 1.29 is 4.79 Å². The Morgan fingerprint density at radius 1 is 1.38 bits per heavy atom. The number of aryl methyl sites for hydroxylation is 2. The van der Waals surface area contributed by atoms with Crippen LogP contribution in [0.4, 0.5) is 5.00 Å². The minimum Gasteiger partial charge on any atom is -0.317 e. The molecule has 24 heavy (non-hydrogen) atoms. The van der Waals surface area contributed by atoms with E-state index in [0.717, 1.165) is 41.3 Å². The Hall–Kier alpha value is -1.77. The molecule has 0 spiro atoms. The number of hydrogen-bond donors (Lipinski definition) is 1. The molecule has 1 heterocycles. The fourth-order valence-electron chi connectivity index (χ4n) is 2.92. The van der Waals surface area contributed by atoms with E-state index in [-0.39, 0.29) is 5.91 Å². The van der Waals surface area contributed by atoms with Crippen LogP contribution >= 0.6 is 23.1 Å². The molecule has 124 valence electrons. The van der Waals surface area contributed by atoms with Gasteiger partial charge in [0.05, 0.1) is 5.56 Å². The molecular formula is C19H20N2OS2. The Morgan fingerprint density at radius 2 is 2.21 bits per heavy atom. The maximum Gasteiger partial charge on any atom is 0.225 e. The van der Waals surface area contributed by atoms with Gasteiger partial charge in [-0.1, -0.05) is 24.3 Å². The summed E-state index contributed by atoms with van der Waals surface area (Å²) in [4.78, 5) is 13.4. The first kappa shape index (κ1) is 17.1. The van der Waals surface area contributed by atoms with Crippen molar-refractivity contribution in [1.29, 1.82) is 5.26 Å². The van der Waals surface area contributed by atoms with Crippen molar-refractivity contribution in [3.63, 3.8) is 0 Å². The van der Waals surface area contributed by atoms with Crippen LogP contribution < -0.4 is 5.32 Å². The summed E-state index contributed by atoms with van der Waals surface area (Å²) < 4.78 is 0. The number of benzene rings is 1. The fourth-order valence-corrected chi connectivity index (χ4v) is 5.19. The zero-order chi connectivity index (χ0) is 16.9. The van der Waals surface area contributed by atoms with Crippen LogP contribution in [0.15, 0.2) is 24.3 Å². The maximum absolute atomic E-state index is 12.2. The first-order valence-electron chi connectivity index (χ1n) is 8.15. The first-order valence-corrected chi connectivity index (χ1v) is 10.1. The van der Waals surface area contributed by atoms with E-state index in [1.807, 2.05) is 6.07 Å². The summed E-state index contributed by atoms with van der Waals surface area (Å²) in [5, 5.41) is 13.0. The molecule has 0 bridgehead atoms. The highest BCUT2D eigenvalue weighted by Gasteiger charge is 2.22. The van der Waals surface area contributed by atoms with Gasteiger partial charge in [-0.3, -0.25) is 4.79 Å². The summed E-state index contributed by atoms with van der Waals surface area (Å²) in [6.45, 7) is 2.11. The molecule has 5 heteroatoms. The van der Waals surface area contributed by atoms with E-state index in [9.17, 15) is 10.1 Å². The van der Waals surface area contributed by atoms with Crippen LogP contribution in [0.1, 0.15) is 40.0 Å². The molecule has 1 aromatic heterocycles. The molecule has 0 radical (unpaired) electrons. The Labute approximate surface area is 151 Å². The SMILES string of the molecule is Cc1ccccc1CSCCC(=O)Nc1sc2c(c1C#N)CCC2. The van der Waals surface area contributed by atoms with Crippen LogP contribution in [0.5, 0.6) is 0 Å². The number of rotatable bonds is 6. The lowest BCUT2D eigenvalue weighted by Crippen LogP contribution is -2.12. The molecule has 1 aliphatic carbocycles. The van der Waals surface area contributed by atoms with E-state index in [4.69, 9.17) is 0 Å². The molecule has 0 aliphatic heterocycles. The number of anilines is 1. The number of nitriles is 1. The molecule has 1 amide bonds. The van der Waals surface area contributed by atoms with Crippen molar-refractivity contribution in [1.82, 2.24) is 0 Å². The second-order valence-corrected chi connectivity index (χ2v) is 8.16. The largest absolute Gasteiger partial charge is 0.317 e. The van der Waals surface area contributed by atoms with Crippen molar-refractivity contribution in [3.05, 3.63) is 51.4 Å². The number of fused-ring (bicyclic) bond motifs is 1. The van der Waals surface area contributed by atoms with Crippen LogP contribution in [0, 0.1) is 18.3 Å². The Morgan fingerprint density at radius 3 is 3.00 bits per heavy atom. The molecular weight excluding hydrogens is 336 g/mol. The summed E-state index contributed by atoms with van der Waals surface area (Å²) >= 11 is 3.35. The monoisotopic (exact) mass is 356 g/mol. The fraction of sp³-hybridized carbons (Fsp3) is 0.368. The van der Waals surface area contributed by atoms with Gasteiger partial charge in [0, 0.05) is 22.8 Å². The van der Waals surface area contributed by atoms with Gasteiger partial charge in [0.15, 0.2) is 0 Å². The second-order valence-electron chi connectivity index (χ2n) is 5.95. The quantitative estimate of drug-likeness (QED) is 0.765. The summed E-state index contributed by atoms with van der Waals surface area (Å²) in [6.07, 6.45) is 3.61. The summed E-state index contributed by atoms with van der Waals surface area (Å²) in [5.74, 6) is 1.72. The maximum atomic E-state index is 12.2. The number of thioether (sulfide) groups is 1. The standard InChI is InChI=1S/C19H20N2OS2/c1-13-5-2-3-6-14(13)12-23-10-9-18(22)21-19-16(11-20)15-7-4-8-17(15)24-19/h2-3,5-6H,4,7-10,12H2,1H3,(H,21,22). The van der Waals surface area contributed by atoms with Gasteiger partial charge in [-0.05, 0) is 42.9 Å². The summed E-state index contributed by atoms with van der Waals surface area (Å²) in [7, 11) is 0. The molecule has 0 saturated heterocycles. The lowest BCUT2D eigenvalue weighted by molar-refractivity contribution is -0.115. The number of carbonyl (C=O) groups excluding carboxylic acids is 1. The molecule has 3 rings (SSSR count). The van der Waals surface area contributed by atoms with Gasteiger partial charge in [0.1, 0.15) is 11.1 Å². The van der Waals surface area contributed by atoms with Crippen LogP contribution in [-0.2, 0) is 23.4 Å². The Kier molecular flexibility index (Phi) is 5.60. The molecule has 0 saturated carbocycles. The van der Waals surface area contributed by atoms with Crippen molar-refractivity contribution in [2.75, 3.05) is 11.1 Å². The third kappa shape index (κ3) is 3.82. The first-order chi connectivity index (χ1) is 11.7. The van der Waals surface area contributed by atoms with E-state index in [1.54, 1.807) is 23.1 Å². The molecule has 1 N–H and O–H groups in total. The molecule has 3 nitrogen and oxygen atoms in total. The van der Waals surface area contributed by atoms with E-state index >= 15 is 0 Å². The van der Waals surface area contributed by atoms with E-state index < -0.39 is 0 Å². The number of nitrogens with one attached hydrogen (secondary N) is 1. The predicted octanol–water partition coefficient (Wildman–Crippen LogP) is 4.68. The number of amides is 1. The highest BCUT2D eigenvalue weighted by Crippen LogP contribution is 2.38. The Bertz CT molecular complexity index is 789. The van der Waals surface area contributed by atoms with Crippen LogP contribution in [0.3, 0.4) is 0 Å². The average Bonchev–Trinajstić information content (AvgIpc) is 3.13. The third-order valence-corrected chi connectivity index (χ3v) is 6.49. The minimum atomic E-state index is 0.00343. The minimum absolute atomic E-state index is 0.00343. The van der Waals surface area contributed by atoms with Crippen LogP contribution in [0.25, 0.3) is 0 Å². The van der Waals surface area contributed by atoms with Gasteiger partial charge in [0.2, 0.25) is 5.91 Å². The third-order valence-electron chi connectivity index (χ3n) is 4.28. The second kappa shape index (κ2) is 7.87. The molecule has 2 aromatic rings. The molecule has 0 fully saturated rings. The van der Waals surface area contributed by atoms with Gasteiger partial charge in [-0.15, -0.1) is 11.3 Å². The zero-order valence-corrected chi connectivity index (χ0v) is 15.4. The van der Waals surface area contributed by atoms with Gasteiger partial charge in [-0.25, -0.2) is 0 Å². The lowest BCUT2D eigenvalue weighted by atomic mass is 10.1. The number of thiophene rings is 1. The highest BCUT2D eigenvalue weighted by atomic mass is 32.2. The molecule has 1 aromatic carbocycles. The van der Waals surface area contributed by atoms with Crippen molar-refractivity contribution in [2.24, 2.45) is 0 Å². The topological polar surface area (TPSA) is 52.9 Å². The predicted molar refractivity (Wildman–Crippen MR) is 102 cm³/mol. The van der Waals surface area contributed by atoms with Gasteiger partial charge < -0.3 is 5.32 Å². The molecule has 0 atom stereocenters. The number of nitrogens with zero attached hydrogens (tertiary/aromatic N) is 1. The van der Waals surface area contributed by atoms with Crippen molar-refractivity contribution in [2.45, 2.75) is 38.4 Å². The highest BCUT2D eigenvalue weighted by molar-refractivity contribution is 7.98. The normalized spacial score (nSPS) is 12.7. The number of hydrogen-bond acceptors (Lipinski definition) is 4. The average molecular weight is 357 g/mol. The number of carbonyl (C=O) groups is 1. The summed E-state index contributed by atoms with van der Waals surface area (Å²) in [5.41, 5.74) is 4.46. The van der Waals surface area contributed by atoms with Crippen LogP contribution in [0.2, 0.25) is 0 Å². The van der Waals surface area contributed by atoms with E-state index in [2.05, 4.69) is 36.5 Å². The Balaban J connectivity index is 1.48. The smallest absolute Gasteiger partial charge is 0.225 e. The zero-order valence-electron chi connectivity index (χ0n) is 13.7. The van der Waals surface area contributed by atoms with Gasteiger partial charge in [0.25, 0.3) is 0 Å². The summed E-state index contributed by atoms with van der Waals surface area (Å²) in [6, 6.07) is 10.6. The van der Waals surface area contributed by atoms with E-state index in [1.165, 1.54) is 16.0 Å². The van der Waals surface area contributed by atoms with E-state index in [0.29, 0.717) is 12.0 Å². The molecule has 0 unspecified atom stereocenters. The lowest BCUT2D eigenvalue weighted by Gasteiger charge is -2.06. The van der Waals surface area contributed by atoms with Crippen molar-refractivity contribution >= 4 is 34.0 Å².